The lowest BCUT2D eigenvalue weighted by Gasteiger charge is -2.14. The van der Waals surface area contributed by atoms with Gasteiger partial charge < -0.3 is 10.5 Å². The van der Waals surface area contributed by atoms with E-state index in [9.17, 15) is 31.1 Å². The van der Waals surface area contributed by atoms with Crippen molar-refractivity contribution in [3.8, 4) is 0 Å². The number of halogens is 6. The molecule has 0 radical (unpaired) electrons. The first-order chi connectivity index (χ1) is 9.04. The number of benzene rings is 1. The lowest BCUT2D eigenvalue weighted by Crippen LogP contribution is -2.16. The van der Waals surface area contributed by atoms with E-state index in [0.717, 1.165) is 0 Å². The van der Waals surface area contributed by atoms with Crippen molar-refractivity contribution in [1.82, 2.24) is 0 Å². The maximum absolute atomic E-state index is 12.5. The maximum Gasteiger partial charge on any atom is 0.416 e. The van der Waals surface area contributed by atoms with Crippen LogP contribution in [0.25, 0.3) is 0 Å². The molecule has 110 valence electrons. The summed E-state index contributed by atoms with van der Waals surface area (Å²) in [5, 5.41) is 12.0. The van der Waals surface area contributed by atoms with Gasteiger partial charge in [0.25, 0.3) is 5.91 Å². The largest absolute Gasteiger partial charge is 0.416 e. The van der Waals surface area contributed by atoms with Crippen molar-refractivity contribution in [3.63, 3.8) is 0 Å². The molecule has 0 fully saturated rings. The van der Waals surface area contributed by atoms with Gasteiger partial charge in [0.1, 0.15) is 6.21 Å². The number of hydrogen-bond acceptors (Lipinski definition) is 3. The van der Waals surface area contributed by atoms with Crippen molar-refractivity contribution in [2.24, 2.45) is 5.16 Å². The van der Waals surface area contributed by atoms with E-state index in [1.807, 2.05) is 0 Å². The second kappa shape index (κ2) is 5.39. The zero-order chi connectivity index (χ0) is 15.6. The van der Waals surface area contributed by atoms with Crippen molar-refractivity contribution >= 4 is 17.8 Å². The van der Waals surface area contributed by atoms with Gasteiger partial charge in [0, 0.05) is 5.69 Å². The Hall–Kier alpha value is -2.26. The van der Waals surface area contributed by atoms with Crippen molar-refractivity contribution in [1.29, 1.82) is 0 Å². The first-order valence-corrected chi connectivity index (χ1v) is 4.82. The monoisotopic (exact) mass is 300 g/mol. The highest BCUT2D eigenvalue weighted by Crippen LogP contribution is 2.37. The predicted molar refractivity (Wildman–Crippen MR) is 55.4 cm³/mol. The van der Waals surface area contributed by atoms with E-state index in [0.29, 0.717) is 12.1 Å². The van der Waals surface area contributed by atoms with Crippen LogP contribution in [-0.2, 0) is 17.1 Å². The summed E-state index contributed by atoms with van der Waals surface area (Å²) in [4.78, 5) is 11.0. The highest BCUT2D eigenvalue weighted by Gasteiger charge is 2.37. The van der Waals surface area contributed by atoms with Gasteiger partial charge in [-0.05, 0) is 18.2 Å². The molecule has 4 nitrogen and oxygen atoms in total. The van der Waals surface area contributed by atoms with E-state index in [2.05, 4.69) is 5.16 Å². The third-order valence-electron chi connectivity index (χ3n) is 2.03. The van der Waals surface area contributed by atoms with E-state index in [4.69, 9.17) is 5.21 Å². The van der Waals surface area contributed by atoms with Gasteiger partial charge in [-0.2, -0.15) is 26.3 Å². The fourth-order valence-electron chi connectivity index (χ4n) is 1.25. The first kappa shape index (κ1) is 15.8. The molecule has 0 aromatic heterocycles. The number of nitrogens with one attached hydrogen (secondary N) is 1. The summed E-state index contributed by atoms with van der Waals surface area (Å²) < 4.78 is 74.9. The molecule has 2 N–H and O–H groups in total. The Kier molecular flexibility index (Phi) is 4.26. The van der Waals surface area contributed by atoms with Gasteiger partial charge in [-0.3, -0.25) is 4.79 Å². The average Bonchev–Trinajstić information content (AvgIpc) is 2.26. The number of anilines is 1. The number of oxime groups is 1. The molecule has 1 rings (SSSR count). The molecule has 0 aliphatic heterocycles. The van der Waals surface area contributed by atoms with Crippen LogP contribution in [-0.4, -0.2) is 17.3 Å². The third kappa shape index (κ3) is 4.14. The topological polar surface area (TPSA) is 61.7 Å². The predicted octanol–water partition coefficient (Wildman–Crippen LogP) is 3.12. The number of carbonyl (C=O) groups excluding carboxylic acids is 1. The Morgan fingerprint density at radius 1 is 1.05 bits per heavy atom. The number of amides is 1. The van der Waals surface area contributed by atoms with E-state index >= 15 is 0 Å². The summed E-state index contributed by atoms with van der Waals surface area (Å²) in [7, 11) is 0. The highest BCUT2D eigenvalue weighted by atomic mass is 19.4. The summed E-state index contributed by atoms with van der Waals surface area (Å²) in [6, 6.07) is 0.590. The maximum atomic E-state index is 12.5. The van der Waals surface area contributed by atoms with Gasteiger partial charge in [-0.25, -0.2) is 0 Å². The van der Waals surface area contributed by atoms with Crippen molar-refractivity contribution in [3.05, 3.63) is 29.3 Å². The molecule has 1 aromatic carbocycles. The minimum atomic E-state index is -5.01. The second-order valence-electron chi connectivity index (χ2n) is 3.53. The van der Waals surface area contributed by atoms with E-state index in [-0.39, 0.29) is 12.3 Å². The number of rotatable bonds is 2. The Labute approximate surface area is 107 Å². The third-order valence-corrected chi connectivity index (χ3v) is 2.03. The standard InChI is InChI=1S/C10H6F6N2O2/c11-9(12,13)5-1-6(10(14,15)16)3-7(2-5)18-8(19)4-17-20/h1-4,20H,(H,18,19). The van der Waals surface area contributed by atoms with Gasteiger partial charge in [0.15, 0.2) is 0 Å². The van der Waals surface area contributed by atoms with Gasteiger partial charge in [0.05, 0.1) is 11.1 Å². The van der Waals surface area contributed by atoms with Crippen LogP contribution in [0.1, 0.15) is 11.1 Å². The molecule has 20 heavy (non-hydrogen) atoms. The van der Waals surface area contributed by atoms with Crippen LogP contribution in [0.2, 0.25) is 0 Å². The fraction of sp³-hybridized carbons (Fsp3) is 0.200. The zero-order valence-corrected chi connectivity index (χ0v) is 9.38. The van der Waals surface area contributed by atoms with Crippen LogP contribution in [0.15, 0.2) is 23.4 Å². The van der Waals surface area contributed by atoms with Crippen LogP contribution in [0, 0.1) is 0 Å². The van der Waals surface area contributed by atoms with E-state index in [1.54, 1.807) is 5.32 Å². The Morgan fingerprint density at radius 3 is 1.85 bits per heavy atom. The van der Waals surface area contributed by atoms with E-state index in [1.165, 1.54) is 0 Å². The van der Waals surface area contributed by atoms with Crippen LogP contribution >= 0.6 is 0 Å². The van der Waals surface area contributed by atoms with Gasteiger partial charge in [-0.1, -0.05) is 5.16 Å². The first-order valence-electron chi connectivity index (χ1n) is 4.82. The Bertz CT molecular complexity index is 503. The average molecular weight is 300 g/mol. The molecule has 1 aromatic rings. The van der Waals surface area contributed by atoms with Crippen molar-refractivity contribution in [2.45, 2.75) is 12.4 Å². The summed E-state index contributed by atoms with van der Waals surface area (Å²) in [6.07, 6.45) is -9.73. The van der Waals surface area contributed by atoms with Crippen LogP contribution in [0.5, 0.6) is 0 Å². The molecule has 0 atom stereocenters. The van der Waals surface area contributed by atoms with Crippen molar-refractivity contribution < 1.29 is 36.3 Å². The quantitative estimate of drug-likeness (QED) is 0.381. The lowest BCUT2D eigenvalue weighted by atomic mass is 10.1. The summed E-state index contributed by atoms with van der Waals surface area (Å²) in [5.41, 5.74) is -3.86. The SMILES string of the molecule is O=C(C=NO)Nc1cc(C(F)(F)F)cc(C(F)(F)F)c1. The highest BCUT2D eigenvalue weighted by molar-refractivity contribution is 6.31. The molecule has 0 saturated heterocycles. The molecule has 1 amide bonds. The molecule has 10 heteroatoms. The molecule has 0 aliphatic carbocycles. The molecular weight excluding hydrogens is 294 g/mol. The van der Waals surface area contributed by atoms with E-state index < -0.39 is 35.1 Å². The lowest BCUT2D eigenvalue weighted by molar-refractivity contribution is -0.143. The smallest absolute Gasteiger partial charge is 0.411 e. The molecular formula is C10H6F6N2O2. The Morgan fingerprint density at radius 2 is 1.50 bits per heavy atom. The van der Waals surface area contributed by atoms with Gasteiger partial charge >= 0.3 is 12.4 Å². The molecule has 0 heterocycles. The molecule has 0 bridgehead atoms. The minimum Gasteiger partial charge on any atom is -0.411 e. The minimum absolute atomic E-state index is 0.0736. The Balaban J connectivity index is 3.27. The fourth-order valence-corrected chi connectivity index (χ4v) is 1.25. The molecule has 0 saturated carbocycles. The molecule has 0 unspecified atom stereocenters. The van der Waals surface area contributed by atoms with Crippen LogP contribution in [0.4, 0.5) is 32.0 Å². The molecule has 0 aliphatic rings. The number of nitrogens with zero attached hydrogens (tertiary/aromatic N) is 1. The number of hydrogen-bond donors (Lipinski definition) is 2. The van der Waals surface area contributed by atoms with Gasteiger partial charge in [-0.15, -0.1) is 0 Å². The van der Waals surface area contributed by atoms with Gasteiger partial charge in [0.2, 0.25) is 0 Å². The number of alkyl halides is 6. The summed E-state index contributed by atoms with van der Waals surface area (Å²) in [6.45, 7) is 0. The second-order valence-corrected chi connectivity index (χ2v) is 3.53. The summed E-state index contributed by atoms with van der Waals surface area (Å²) >= 11 is 0. The normalized spacial score (nSPS) is 12.7. The number of carbonyl (C=O) groups is 1. The van der Waals surface area contributed by atoms with Crippen molar-refractivity contribution in [2.75, 3.05) is 5.32 Å². The summed E-state index contributed by atoms with van der Waals surface area (Å²) in [5.74, 6) is -1.18. The van der Waals surface area contributed by atoms with Crippen LogP contribution < -0.4 is 5.32 Å². The zero-order valence-electron chi connectivity index (χ0n) is 9.38. The molecule has 0 spiro atoms. The van der Waals surface area contributed by atoms with Crippen LogP contribution in [0.3, 0.4) is 0 Å².